The number of nitrogens with zero attached hydrogens (tertiary/aromatic N) is 1. The summed E-state index contributed by atoms with van der Waals surface area (Å²) in [5.74, 6) is 0.866. The smallest absolute Gasteiger partial charge is 0.140 e. The highest BCUT2D eigenvalue weighted by Gasteiger charge is 2.32. The first-order chi connectivity index (χ1) is 9.16. The molecule has 2 rings (SSSR count). The van der Waals surface area contributed by atoms with Gasteiger partial charge in [-0.2, -0.15) is 0 Å². The van der Waals surface area contributed by atoms with Gasteiger partial charge >= 0.3 is 0 Å². The minimum Gasteiger partial charge on any atom is -0.376 e. The van der Waals surface area contributed by atoms with Gasteiger partial charge in [0.1, 0.15) is 16.1 Å². The van der Waals surface area contributed by atoms with Crippen LogP contribution in [-0.4, -0.2) is 23.2 Å². The second-order valence-electron chi connectivity index (χ2n) is 4.78. The van der Waals surface area contributed by atoms with Crippen LogP contribution in [0, 0.1) is 4.64 Å². The normalized spacial score (nSPS) is 15.3. The summed E-state index contributed by atoms with van der Waals surface area (Å²) in [5, 5.41) is 0. The lowest BCUT2D eigenvalue weighted by Crippen LogP contribution is -2.32. The Morgan fingerprint density at radius 1 is 1.37 bits per heavy atom. The van der Waals surface area contributed by atoms with E-state index in [1.165, 1.54) is 0 Å². The molecular weight excluding hydrogens is 260 g/mol. The lowest BCUT2D eigenvalue weighted by Gasteiger charge is -2.31. The molecule has 1 aromatic heterocycles. The number of H-pyrrole nitrogens is 1. The summed E-state index contributed by atoms with van der Waals surface area (Å²) in [5.41, 5.74) is 1.84. The molecule has 5 heteroatoms. The molecule has 4 nitrogen and oxygen atoms in total. The van der Waals surface area contributed by atoms with Gasteiger partial charge in [-0.3, -0.25) is 0 Å². The zero-order chi connectivity index (χ0) is 13.9. The van der Waals surface area contributed by atoms with Gasteiger partial charge in [-0.15, -0.1) is 0 Å². The minimum atomic E-state index is -0.352. The highest BCUT2D eigenvalue weighted by Crippen LogP contribution is 2.31. The molecule has 1 aromatic rings. The highest BCUT2D eigenvalue weighted by atomic mass is 32.1. The third-order valence-corrected chi connectivity index (χ3v) is 4.18. The number of nitrogens with one attached hydrogen (secondary N) is 1. The van der Waals surface area contributed by atoms with Crippen LogP contribution in [0.2, 0.25) is 0 Å². The predicted octanol–water partition coefficient (Wildman–Crippen LogP) is 3.26. The van der Waals surface area contributed by atoms with Crippen LogP contribution in [0.4, 0.5) is 0 Å². The van der Waals surface area contributed by atoms with Crippen molar-refractivity contribution in [2.45, 2.75) is 52.2 Å². The van der Waals surface area contributed by atoms with E-state index in [1.54, 1.807) is 0 Å². The number of aromatic nitrogens is 2. The quantitative estimate of drug-likeness (QED) is 0.842. The van der Waals surface area contributed by atoms with E-state index >= 15 is 0 Å². The summed E-state index contributed by atoms with van der Waals surface area (Å²) >= 11 is 5.41. The van der Waals surface area contributed by atoms with Gasteiger partial charge < -0.3 is 14.5 Å². The summed E-state index contributed by atoms with van der Waals surface area (Å²) in [6.07, 6.45) is 2.62. The van der Waals surface area contributed by atoms with Crippen molar-refractivity contribution in [1.29, 1.82) is 0 Å². The molecule has 0 bridgehead atoms. The van der Waals surface area contributed by atoms with Crippen LogP contribution in [0.15, 0.2) is 0 Å². The number of aromatic amines is 1. The predicted molar refractivity (Wildman–Crippen MR) is 76.7 cm³/mol. The molecule has 1 aliphatic heterocycles. The monoisotopic (exact) mass is 282 g/mol. The molecule has 1 N–H and O–H groups in total. The summed E-state index contributed by atoms with van der Waals surface area (Å²) in [6.45, 7) is 8.24. The van der Waals surface area contributed by atoms with E-state index in [4.69, 9.17) is 21.7 Å². The van der Waals surface area contributed by atoms with E-state index in [1.807, 2.05) is 6.92 Å². The molecule has 1 aliphatic rings. The minimum absolute atomic E-state index is 0.352. The summed E-state index contributed by atoms with van der Waals surface area (Å²) in [4.78, 5) is 8.02. The molecule has 19 heavy (non-hydrogen) atoms. The van der Waals surface area contributed by atoms with Gasteiger partial charge in [-0.1, -0.05) is 26.1 Å². The Balaban J connectivity index is 2.49. The van der Waals surface area contributed by atoms with Gasteiger partial charge in [0.05, 0.1) is 13.2 Å². The van der Waals surface area contributed by atoms with E-state index in [0.29, 0.717) is 17.9 Å². The van der Waals surface area contributed by atoms with Crippen molar-refractivity contribution >= 4 is 12.2 Å². The molecule has 0 saturated heterocycles. The van der Waals surface area contributed by atoms with Crippen molar-refractivity contribution in [1.82, 2.24) is 9.97 Å². The Kier molecular flexibility index (Phi) is 4.71. The third-order valence-electron chi connectivity index (χ3n) is 3.84. The van der Waals surface area contributed by atoms with Crippen LogP contribution >= 0.6 is 12.2 Å². The van der Waals surface area contributed by atoms with Crippen LogP contribution < -0.4 is 0 Å². The van der Waals surface area contributed by atoms with Crippen LogP contribution in [0.1, 0.15) is 50.7 Å². The second-order valence-corrected chi connectivity index (χ2v) is 5.17. The largest absolute Gasteiger partial charge is 0.376 e. The van der Waals surface area contributed by atoms with E-state index in [0.717, 1.165) is 43.0 Å². The number of fused-ring (bicyclic) bond motifs is 1. The Labute approximate surface area is 119 Å². The van der Waals surface area contributed by atoms with E-state index in [-0.39, 0.29) is 5.60 Å². The first-order valence-electron chi connectivity index (χ1n) is 7.01. The SMILES string of the molecule is CCOC(CC)(CC)c1nc(=S)c2c([nH]1)CCOC2. The van der Waals surface area contributed by atoms with Gasteiger partial charge in [-0.05, 0) is 19.8 Å². The van der Waals surface area contributed by atoms with Gasteiger partial charge in [0.25, 0.3) is 0 Å². The van der Waals surface area contributed by atoms with Crippen molar-refractivity contribution in [3.8, 4) is 0 Å². The molecule has 2 heterocycles. The number of hydrogen-bond donors (Lipinski definition) is 1. The van der Waals surface area contributed by atoms with Crippen molar-refractivity contribution < 1.29 is 9.47 Å². The van der Waals surface area contributed by atoms with Crippen molar-refractivity contribution in [3.05, 3.63) is 21.7 Å². The highest BCUT2D eigenvalue weighted by molar-refractivity contribution is 7.71. The topological polar surface area (TPSA) is 47.1 Å². The molecule has 0 unspecified atom stereocenters. The van der Waals surface area contributed by atoms with Crippen LogP contribution in [0.5, 0.6) is 0 Å². The van der Waals surface area contributed by atoms with Crippen LogP contribution in [-0.2, 0) is 28.1 Å². The molecule has 0 radical (unpaired) electrons. The van der Waals surface area contributed by atoms with Crippen molar-refractivity contribution in [3.63, 3.8) is 0 Å². The van der Waals surface area contributed by atoms with Crippen LogP contribution in [0.3, 0.4) is 0 Å². The fourth-order valence-electron chi connectivity index (χ4n) is 2.60. The lowest BCUT2D eigenvalue weighted by molar-refractivity contribution is -0.0576. The molecular formula is C14H22N2O2S. The zero-order valence-corrected chi connectivity index (χ0v) is 12.7. The molecule has 0 aromatic carbocycles. The molecule has 0 spiro atoms. The summed E-state index contributed by atoms with van der Waals surface area (Å²) in [7, 11) is 0. The second kappa shape index (κ2) is 6.11. The zero-order valence-electron chi connectivity index (χ0n) is 11.9. The van der Waals surface area contributed by atoms with Gasteiger partial charge in [-0.25, -0.2) is 4.98 Å². The average Bonchev–Trinajstić information content (AvgIpc) is 2.45. The van der Waals surface area contributed by atoms with E-state index in [9.17, 15) is 0 Å². The standard InChI is InChI=1S/C14H22N2O2S/c1-4-14(5-2,18-6-3)13-15-11-7-8-17-9-10(11)12(19)16-13/h4-9H2,1-3H3,(H,15,16,19). The Morgan fingerprint density at radius 2 is 2.11 bits per heavy atom. The maximum atomic E-state index is 5.99. The van der Waals surface area contributed by atoms with Gasteiger partial charge in [0.15, 0.2) is 0 Å². The summed E-state index contributed by atoms with van der Waals surface area (Å²) in [6, 6.07) is 0. The lowest BCUT2D eigenvalue weighted by atomic mass is 9.95. The molecule has 0 aliphatic carbocycles. The summed E-state index contributed by atoms with van der Waals surface area (Å²) < 4.78 is 12.1. The Bertz CT molecular complexity index is 495. The molecule has 0 fully saturated rings. The van der Waals surface area contributed by atoms with Crippen LogP contribution in [0.25, 0.3) is 0 Å². The van der Waals surface area contributed by atoms with E-state index < -0.39 is 0 Å². The molecule has 0 amide bonds. The maximum absolute atomic E-state index is 5.99. The number of hydrogen-bond acceptors (Lipinski definition) is 4. The van der Waals surface area contributed by atoms with Gasteiger partial charge in [0.2, 0.25) is 0 Å². The fraction of sp³-hybridized carbons (Fsp3) is 0.714. The molecule has 106 valence electrons. The van der Waals surface area contributed by atoms with Crippen molar-refractivity contribution in [2.24, 2.45) is 0 Å². The van der Waals surface area contributed by atoms with E-state index in [2.05, 4.69) is 23.8 Å². The Morgan fingerprint density at radius 3 is 2.74 bits per heavy atom. The molecule has 0 saturated carbocycles. The molecule has 0 atom stereocenters. The van der Waals surface area contributed by atoms with Crippen molar-refractivity contribution in [2.75, 3.05) is 13.2 Å². The first kappa shape index (κ1) is 14.6. The third kappa shape index (κ3) is 2.73. The maximum Gasteiger partial charge on any atom is 0.140 e. The average molecular weight is 282 g/mol. The fourth-order valence-corrected chi connectivity index (χ4v) is 2.88. The van der Waals surface area contributed by atoms with Gasteiger partial charge in [0, 0.05) is 24.3 Å². The number of rotatable bonds is 5. The number of ether oxygens (including phenoxy) is 2. The Hall–Kier alpha value is -0.780. The first-order valence-corrected chi connectivity index (χ1v) is 7.42.